The zero-order valence-electron chi connectivity index (χ0n) is 12.0. The minimum Gasteiger partial charge on any atom is -0.469 e. The van der Waals surface area contributed by atoms with E-state index in [0.717, 1.165) is 16.9 Å². The Morgan fingerprint density at radius 3 is 3.05 bits per heavy atom. The van der Waals surface area contributed by atoms with Crippen LogP contribution in [0.15, 0.2) is 24.3 Å². The Hall–Kier alpha value is -1.92. The maximum absolute atomic E-state index is 11.3. The van der Waals surface area contributed by atoms with Crippen molar-refractivity contribution in [1.82, 2.24) is 14.9 Å². The number of hydrogen-bond donors (Lipinski definition) is 2. The van der Waals surface area contributed by atoms with Crippen LogP contribution in [0, 0.1) is 5.92 Å². The third kappa shape index (κ3) is 3.06. The van der Waals surface area contributed by atoms with E-state index in [4.69, 9.17) is 0 Å². The van der Waals surface area contributed by atoms with Gasteiger partial charge in [0.25, 0.3) is 0 Å². The molecule has 6 heteroatoms. The quantitative estimate of drug-likeness (QED) is 0.818. The molecule has 0 aliphatic carbocycles. The summed E-state index contributed by atoms with van der Waals surface area (Å²) >= 11 is 0. The molecule has 0 spiro atoms. The number of aromatic nitrogens is 2. The van der Waals surface area contributed by atoms with Crippen molar-refractivity contribution < 1.29 is 14.6 Å². The van der Waals surface area contributed by atoms with Crippen molar-refractivity contribution in [3.8, 4) is 0 Å². The molecule has 1 aromatic carbocycles. The Morgan fingerprint density at radius 2 is 2.29 bits per heavy atom. The van der Waals surface area contributed by atoms with Crippen LogP contribution in [-0.2, 0) is 16.1 Å². The zero-order chi connectivity index (χ0) is 14.8. The molecule has 1 aliphatic rings. The molecule has 2 N–H and O–H groups in total. The number of hydrogen-bond acceptors (Lipinski definition) is 5. The van der Waals surface area contributed by atoms with E-state index in [9.17, 15) is 9.90 Å². The Labute approximate surface area is 122 Å². The van der Waals surface area contributed by atoms with Gasteiger partial charge < -0.3 is 14.8 Å². The molecule has 0 unspecified atom stereocenters. The van der Waals surface area contributed by atoms with Gasteiger partial charge in [-0.15, -0.1) is 0 Å². The number of methoxy groups -OCH3 is 1. The Balaban J connectivity index is 1.64. The summed E-state index contributed by atoms with van der Waals surface area (Å²) in [5, 5.41) is 10.0. The number of aromatic amines is 1. The van der Waals surface area contributed by atoms with Crippen LogP contribution in [0.5, 0.6) is 0 Å². The molecule has 112 valence electrons. The first-order valence-corrected chi connectivity index (χ1v) is 7.06. The van der Waals surface area contributed by atoms with Gasteiger partial charge in [-0.2, -0.15) is 0 Å². The molecule has 2 atom stereocenters. The second-order valence-corrected chi connectivity index (χ2v) is 5.50. The Morgan fingerprint density at radius 1 is 1.48 bits per heavy atom. The van der Waals surface area contributed by atoms with Crippen LogP contribution >= 0.6 is 0 Å². The van der Waals surface area contributed by atoms with Crippen LogP contribution in [0.3, 0.4) is 0 Å². The molecule has 1 aliphatic heterocycles. The van der Waals surface area contributed by atoms with Crippen LogP contribution in [0.2, 0.25) is 0 Å². The van der Waals surface area contributed by atoms with Crippen molar-refractivity contribution in [3.05, 3.63) is 30.1 Å². The van der Waals surface area contributed by atoms with Crippen LogP contribution in [0.4, 0.5) is 0 Å². The Kier molecular flexibility index (Phi) is 3.90. The smallest absolute Gasteiger partial charge is 0.305 e. The largest absolute Gasteiger partial charge is 0.469 e. The highest BCUT2D eigenvalue weighted by Crippen LogP contribution is 2.22. The summed E-state index contributed by atoms with van der Waals surface area (Å²) in [4.78, 5) is 21.2. The number of fused-ring (bicyclic) bond motifs is 1. The SMILES string of the molecule is COC(=O)C[C@@H]1CN(Cc2nc3ccccc3[nH]2)C[C@H]1O. The number of nitrogens with zero attached hydrogens (tertiary/aromatic N) is 2. The molecule has 2 aromatic rings. The lowest BCUT2D eigenvalue weighted by Gasteiger charge is -2.13. The minimum atomic E-state index is -0.492. The van der Waals surface area contributed by atoms with Crippen LogP contribution in [0.25, 0.3) is 11.0 Å². The van der Waals surface area contributed by atoms with E-state index >= 15 is 0 Å². The summed E-state index contributed by atoms with van der Waals surface area (Å²) in [6.07, 6.45) is -0.234. The number of nitrogens with one attached hydrogen (secondary N) is 1. The summed E-state index contributed by atoms with van der Waals surface area (Å²) < 4.78 is 4.67. The summed E-state index contributed by atoms with van der Waals surface area (Å²) in [6, 6.07) is 7.88. The number of likely N-dealkylation sites (tertiary alicyclic amines) is 1. The molecule has 6 nitrogen and oxygen atoms in total. The third-order valence-corrected chi connectivity index (χ3v) is 3.95. The molecule has 1 aromatic heterocycles. The van der Waals surface area contributed by atoms with Gasteiger partial charge in [0.2, 0.25) is 0 Å². The number of carbonyl (C=O) groups is 1. The number of para-hydroxylation sites is 2. The normalized spacial score (nSPS) is 22.8. The lowest BCUT2D eigenvalue weighted by Crippen LogP contribution is -2.22. The lowest BCUT2D eigenvalue weighted by atomic mass is 10.0. The topological polar surface area (TPSA) is 78.5 Å². The van der Waals surface area contributed by atoms with Gasteiger partial charge in [0.15, 0.2) is 0 Å². The number of carbonyl (C=O) groups excluding carboxylic acids is 1. The molecule has 1 saturated heterocycles. The third-order valence-electron chi connectivity index (χ3n) is 3.95. The van der Waals surface area contributed by atoms with Gasteiger partial charge in [-0.3, -0.25) is 9.69 Å². The molecule has 21 heavy (non-hydrogen) atoms. The van der Waals surface area contributed by atoms with Crippen molar-refractivity contribution in [2.75, 3.05) is 20.2 Å². The van der Waals surface area contributed by atoms with E-state index < -0.39 is 6.10 Å². The van der Waals surface area contributed by atoms with E-state index in [2.05, 4.69) is 19.6 Å². The monoisotopic (exact) mass is 289 g/mol. The standard InChI is InChI=1S/C15H19N3O3/c1-21-15(20)6-10-7-18(8-13(10)19)9-14-16-11-4-2-3-5-12(11)17-14/h2-5,10,13,19H,6-9H2,1H3,(H,16,17)/t10-,13-/m1/s1. The molecule has 3 rings (SSSR count). The minimum absolute atomic E-state index is 0.0678. The van der Waals surface area contributed by atoms with Gasteiger partial charge in [-0.1, -0.05) is 12.1 Å². The first-order chi connectivity index (χ1) is 10.2. The maximum atomic E-state index is 11.3. The molecular formula is C15H19N3O3. The molecule has 0 radical (unpaired) electrons. The number of ether oxygens (including phenoxy) is 1. The van der Waals surface area contributed by atoms with Crippen LogP contribution in [-0.4, -0.2) is 52.2 Å². The summed E-state index contributed by atoms with van der Waals surface area (Å²) in [7, 11) is 1.37. The van der Waals surface area contributed by atoms with Crippen molar-refractivity contribution in [3.63, 3.8) is 0 Å². The number of imidazole rings is 1. The molecule has 0 amide bonds. The van der Waals surface area contributed by atoms with E-state index in [1.165, 1.54) is 7.11 Å². The highest BCUT2D eigenvalue weighted by Gasteiger charge is 2.33. The fourth-order valence-corrected chi connectivity index (χ4v) is 2.86. The average molecular weight is 289 g/mol. The van der Waals surface area contributed by atoms with Crippen molar-refractivity contribution in [1.29, 1.82) is 0 Å². The summed E-state index contributed by atoms with van der Waals surface area (Å²) in [5.41, 5.74) is 1.96. The highest BCUT2D eigenvalue weighted by atomic mass is 16.5. The van der Waals surface area contributed by atoms with Gasteiger partial charge in [-0.05, 0) is 12.1 Å². The van der Waals surface area contributed by atoms with Crippen LogP contribution < -0.4 is 0 Å². The van der Waals surface area contributed by atoms with Gasteiger partial charge in [0.1, 0.15) is 5.82 Å². The number of H-pyrrole nitrogens is 1. The van der Waals surface area contributed by atoms with Crippen LogP contribution in [0.1, 0.15) is 12.2 Å². The van der Waals surface area contributed by atoms with Crippen molar-refractivity contribution in [2.24, 2.45) is 5.92 Å². The summed E-state index contributed by atoms with van der Waals surface area (Å²) in [5.74, 6) is 0.536. The molecule has 1 fully saturated rings. The molecule has 2 heterocycles. The predicted molar refractivity (Wildman–Crippen MR) is 77.5 cm³/mol. The van der Waals surface area contributed by atoms with E-state index in [0.29, 0.717) is 19.6 Å². The van der Waals surface area contributed by atoms with E-state index in [-0.39, 0.29) is 18.3 Å². The number of benzene rings is 1. The first-order valence-electron chi connectivity index (χ1n) is 7.06. The van der Waals surface area contributed by atoms with Crippen molar-refractivity contribution >= 4 is 17.0 Å². The lowest BCUT2D eigenvalue weighted by molar-refractivity contribution is -0.142. The number of esters is 1. The van der Waals surface area contributed by atoms with Gasteiger partial charge >= 0.3 is 5.97 Å². The molecule has 0 bridgehead atoms. The zero-order valence-corrected chi connectivity index (χ0v) is 12.0. The van der Waals surface area contributed by atoms with Gasteiger partial charge in [-0.25, -0.2) is 4.98 Å². The second kappa shape index (κ2) is 5.83. The average Bonchev–Trinajstić information content (AvgIpc) is 3.02. The Bertz CT molecular complexity index is 607. The van der Waals surface area contributed by atoms with Gasteiger partial charge in [0, 0.05) is 19.0 Å². The molecular weight excluding hydrogens is 270 g/mol. The van der Waals surface area contributed by atoms with Crippen molar-refractivity contribution in [2.45, 2.75) is 19.1 Å². The highest BCUT2D eigenvalue weighted by molar-refractivity contribution is 5.74. The summed E-state index contributed by atoms with van der Waals surface area (Å²) in [6.45, 7) is 1.87. The second-order valence-electron chi connectivity index (χ2n) is 5.50. The number of aliphatic hydroxyl groups excluding tert-OH is 1. The maximum Gasteiger partial charge on any atom is 0.305 e. The number of aliphatic hydroxyl groups is 1. The van der Waals surface area contributed by atoms with Gasteiger partial charge in [0.05, 0.1) is 37.2 Å². The fourth-order valence-electron chi connectivity index (χ4n) is 2.86. The fraction of sp³-hybridized carbons (Fsp3) is 0.467. The first kappa shape index (κ1) is 14.0. The predicted octanol–water partition coefficient (Wildman–Crippen LogP) is 0.919. The number of β-amino-alcohol motifs (C(OH)–C–C–N with tert-alkyl or cyclic N) is 1. The number of rotatable bonds is 4. The molecule has 0 saturated carbocycles. The van der Waals surface area contributed by atoms with E-state index in [1.54, 1.807) is 0 Å². The van der Waals surface area contributed by atoms with E-state index in [1.807, 2.05) is 24.3 Å².